The van der Waals surface area contributed by atoms with Gasteiger partial charge in [-0.05, 0) is 39.8 Å². The standard InChI is InChI=1S/C21H24N8O2.C19H18ClN7O2.C3H8/c1-11-9-25-14(12(2)17(11)31-5)10-29-19-16(18(28(3)4)26-21(22)27-19)13(20(29)30)8-15-23-6-7-24-15;1-9-7-24-12(10(2)15(9)29-3)8-27-17-14(16(20)25-19(21)26-17)11(18(27)28)6-13-22-4-5-23-13;1-3-2/h6-9H,10H2,1-5H3,(H,23,24)(H2,22,26,27);4-7H,8H2,1-3H3,(H,22,23)(H2,21,25,26);3H2,1-2H3/b13-8-;11-6-;. The van der Waals surface area contributed by atoms with Crippen LogP contribution in [0.3, 0.4) is 0 Å². The lowest BCUT2D eigenvalue weighted by Crippen LogP contribution is -2.27. The van der Waals surface area contributed by atoms with Crippen LogP contribution in [0.5, 0.6) is 11.5 Å². The fourth-order valence-electron chi connectivity index (χ4n) is 7.08. The van der Waals surface area contributed by atoms with Gasteiger partial charge in [0.25, 0.3) is 11.8 Å². The Bertz CT molecular complexity index is 2720. The highest BCUT2D eigenvalue weighted by atomic mass is 35.5. The molecule has 2 aliphatic rings. The minimum absolute atomic E-state index is 0.0167. The molecule has 0 unspecified atom stereocenters. The number of hydrogen-bond acceptors (Lipinski definition) is 15. The number of carbonyl (C=O) groups excluding carboxylic acids is 2. The van der Waals surface area contributed by atoms with E-state index in [9.17, 15) is 9.59 Å². The minimum Gasteiger partial charge on any atom is -0.496 e. The molecule has 6 N–H and O–H groups in total. The Labute approximate surface area is 369 Å². The van der Waals surface area contributed by atoms with Crippen LogP contribution in [0.2, 0.25) is 5.15 Å². The molecule has 8 rings (SSSR count). The number of methoxy groups -OCH3 is 2. The monoisotopic (exact) mass is 875 g/mol. The number of ether oxygens (including phenoxy) is 2. The van der Waals surface area contributed by atoms with Gasteiger partial charge in [0, 0.05) is 73.5 Å². The number of hydrogen-bond donors (Lipinski definition) is 4. The third-order valence-electron chi connectivity index (χ3n) is 9.89. The van der Waals surface area contributed by atoms with Crippen LogP contribution in [-0.2, 0) is 22.7 Å². The number of halogens is 1. The number of carbonyl (C=O) groups is 2. The maximum absolute atomic E-state index is 13.5. The van der Waals surface area contributed by atoms with E-state index in [-0.39, 0.29) is 42.0 Å². The molecule has 0 atom stereocenters. The molecule has 0 radical (unpaired) electrons. The first-order valence-electron chi connectivity index (χ1n) is 19.9. The molecule has 6 aromatic heterocycles. The maximum Gasteiger partial charge on any atom is 0.260 e. The molecule has 2 aliphatic heterocycles. The van der Waals surface area contributed by atoms with Gasteiger partial charge >= 0.3 is 0 Å². The number of anilines is 5. The quantitative estimate of drug-likeness (QED) is 0.0973. The number of nitrogens with zero attached hydrogens (tertiary/aromatic N) is 11. The molecule has 328 valence electrons. The van der Waals surface area contributed by atoms with Crippen molar-refractivity contribution in [3.63, 3.8) is 0 Å². The Morgan fingerprint density at radius 1 is 0.698 bits per heavy atom. The number of aromatic amines is 2. The Kier molecular flexibility index (Phi) is 13.7. The van der Waals surface area contributed by atoms with Crippen LogP contribution in [0.4, 0.5) is 29.4 Å². The van der Waals surface area contributed by atoms with Crippen LogP contribution in [0.1, 0.15) is 76.7 Å². The van der Waals surface area contributed by atoms with Gasteiger partial charge in [-0.25, -0.2) is 15.0 Å². The summed E-state index contributed by atoms with van der Waals surface area (Å²) in [7, 11) is 6.91. The second kappa shape index (κ2) is 19.1. The fraction of sp³-hybridized carbons (Fsp3) is 0.302. The molecular formula is C43H50ClN15O4. The number of fused-ring (bicyclic) bond motifs is 2. The minimum atomic E-state index is -0.293. The van der Waals surface area contributed by atoms with E-state index in [4.69, 9.17) is 32.5 Å². The number of amides is 2. The molecular weight excluding hydrogens is 826 g/mol. The number of nitrogens with one attached hydrogen (secondary N) is 2. The Morgan fingerprint density at radius 2 is 1.13 bits per heavy atom. The normalized spacial score (nSPS) is 14.0. The third-order valence-corrected chi connectivity index (χ3v) is 10.2. The number of aryl methyl sites for hydroxylation is 2. The van der Waals surface area contributed by atoms with Crippen molar-refractivity contribution in [1.82, 2.24) is 49.8 Å². The van der Waals surface area contributed by atoms with Gasteiger partial charge in [0.1, 0.15) is 34.1 Å². The molecule has 0 saturated heterocycles. The number of nitrogen functional groups attached to an aromatic ring is 2. The van der Waals surface area contributed by atoms with Crippen molar-refractivity contribution in [3.8, 4) is 11.5 Å². The Hall–Kier alpha value is -7.41. The first-order valence-corrected chi connectivity index (χ1v) is 20.2. The SMILES string of the molecule is CCC.COc1c(C)cnc(CN2C(=O)/C(=C\c3ncc[nH]3)c3c(Cl)nc(N)nc32)c1C.COc1c(C)cnc(CN2C(=O)/C(=C\c3ncc[nH]3)c3c(N(C)C)nc(N)nc32)c1C. The number of imidazole rings is 2. The maximum atomic E-state index is 13.5. The highest BCUT2D eigenvalue weighted by Crippen LogP contribution is 2.43. The van der Waals surface area contributed by atoms with Crippen molar-refractivity contribution in [2.24, 2.45) is 0 Å². The van der Waals surface area contributed by atoms with Crippen LogP contribution in [0.15, 0.2) is 37.2 Å². The van der Waals surface area contributed by atoms with E-state index in [0.29, 0.717) is 62.8 Å². The average molecular weight is 876 g/mol. The van der Waals surface area contributed by atoms with E-state index >= 15 is 0 Å². The van der Waals surface area contributed by atoms with E-state index in [1.54, 1.807) is 68.5 Å². The summed E-state index contributed by atoms with van der Waals surface area (Å²) >= 11 is 6.33. The number of H-pyrrole nitrogens is 2. The van der Waals surface area contributed by atoms with Gasteiger partial charge in [0.05, 0.1) is 61.0 Å². The number of pyridine rings is 2. The summed E-state index contributed by atoms with van der Waals surface area (Å²) in [6.07, 6.45) is 14.6. The molecule has 19 nitrogen and oxygen atoms in total. The van der Waals surface area contributed by atoms with E-state index in [2.05, 4.69) is 63.7 Å². The van der Waals surface area contributed by atoms with Gasteiger partial charge in [-0.3, -0.25) is 29.4 Å². The van der Waals surface area contributed by atoms with E-state index < -0.39 is 0 Å². The smallest absolute Gasteiger partial charge is 0.260 e. The zero-order valence-corrected chi connectivity index (χ0v) is 37.6. The van der Waals surface area contributed by atoms with Crippen molar-refractivity contribution < 1.29 is 19.1 Å². The molecule has 0 aliphatic carbocycles. The van der Waals surface area contributed by atoms with E-state index in [1.807, 2.05) is 46.7 Å². The summed E-state index contributed by atoms with van der Waals surface area (Å²) in [5.74, 6) is 3.45. The highest BCUT2D eigenvalue weighted by Gasteiger charge is 2.39. The summed E-state index contributed by atoms with van der Waals surface area (Å²) in [5.41, 5.74) is 18.5. The van der Waals surface area contributed by atoms with Crippen LogP contribution >= 0.6 is 11.6 Å². The Morgan fingerprint density at radius 3 is 1.54 bits per heavy atom. The van der Waals surface area contributed by atoms with E-state index in [1.165, 1.54) is 11.3 Å². The van der Waals surface area contributed by atoms with Gasteiger partial charge in [-0.1, -0.05) is 31.9 Å². The van der Waals surface area contributed by atoms with Crippen molar-refractivity contribution in [2.75, 3.05) is 54.5 Å². The summed E-state index contributed by atoms with van der Waals surface area (Å²) in [5, 5.41) is 0.104. The van der Waals surface area contributed by atoms with Crippen LogP contribution < -0.4 is 35.6 Å². The van der Waals surface area contributed by atoms with Crippen molar-refractivity contribution >= 4 is 76.1 Å². The molecule has 0 fully saturated rings. The lowest BCUT2D eigenvalue weighted by atomic mass is 10.1. The average Bonchev–Trinajstić information content (AvgIpc) is 4.05. The Balaban J connectivity index is 0.000000198. The third kappa shape index (κ3) is 9.13. The van der Waals surface area contributed by atoms with Gasteiger partial charge in [-0.2, -0.15) is 15.0 Å². The van der Waals surface area contributed by atoms with Gasteiger partial charge in [0.15, 0.2) is 11.6 Å². The van der Waals surface area contributed by atoms with Gasteiger partial charge in [0.2, 0.25) is 11.9 Å². The largest absolute Gasteiger partial charge is 0.496 e. The van der Waals surface area contributed by atoms with E-state index in [0.717, 1.165) is 33.8 Å². The van der Waals surface area contributed by atoms with Crippen molar-refractivity contribution in [2.45, 2.75) is 61.1 Å². The van der Waals surface area contributed by atoms with Gasteiger partial charge < -0.3 is 35.8 Å². The lowest BCUT2D eigenvalue weighted by Gasteiger charge is -2.20. The molecule has 6 aromatic rings. The number of rotatable bonds is 9. The summed E-state index contributed by atoms with van der Waals surface area (Å²) in [6.45, 7) is 12.3. The molecule has 0 saturated carbocycles. The van der Waals surface area contributed by atoms with Crippen LogP contribution in [0, 0.1) is 27.7 Å². The number of aromatic nitrogens is 10. The molecule has 0 bridgehead atoms. The summed E-state index contributed by atoms with van der Waals surface area (Å²) in [4.78, 5) is 72.1. The van der Waals surface area contributed by atoms with Gasteiger partial charge in [-0.15, -0.1) is 0 Å². The molecule has 8 heterocycles. The summed E-state index contributed by atoms with van der Waals surface area (Å²) < 4.78 is 11.0. The van der Waals surface area contributed by atoms with Crippen LogP contribution in [-0.4, -0.2) is 90.0 Å². The highest BCUT2D eigenvalue weighted by molar-refractivity contribution is 6.41. The molecule has 0 aromatic carbocycles. The predicted octanol–water partition coefficient (Wildman–Crippen LogP) is 5.92. The first-order chi connectivity index (χ1) is 30.1. The molecule has 2 amide bonds. The van der Waals surface area contributed by atoms with Crippen molar-refractivity contribution in [3.05, 3.63) is 98.8 Å². The van der Waals surface area contributed by atoms with Crippen molar-refractivity contribution in [1.29, 1.82) is 0 Å². The second-order valence-electron chi connectivity index (χ2n) is 14.7. The topological polar surface area (TPSA) is 249 Å². The zero-order chi connectivity index (χ0) is 45.7. The molecule has 0 spiro atoms. The predicted molar refractivity (Wildman–Crippen MR) is 244 cm³/mol. The second-order valence-corrected chi connectivity index (χ2v) is 15.1. The molecule has 63 heavy (non-hydrogen) atoms. The number of nitrogens with two attached hydrogens (primary N) is 2. The van der Waals surface area contributed by atoms with Crippen LogP contribution in [0.25, 0.3) is 23.3 Å². The first kappa shape index (κ1) is 45.1. The summed E-state index contributed by atoms with van der Waals surface area (Å²) in [6, 6.07) is 0. The molecule has 20 heteroatoms. The fourth-order valence-corrected chi connectivity index (χ4v) is 7.36. The zero-order valence-electron chi connectivity index (χ0n) is 36.8. The lowest BCUT2D eigenvalue weighted by molar-refractivity contribution is -0.113.